The number of thioether (sulfide) groups is 1. The van der Waals surface area contributed by atoms with Crippen molar-refractivity contribution < 1.29 is 9.18 Å². The Morgan fingerprint density at radius 1 is 1.08 bits per heavy atom. The SMILES string of the molecule is O=C1CSC(c2ccn(-c3cccc(F)c3)c2)N1Cc1ccccc1. The maximum Gasteiger partial charge on any atom is 0.234 e. The zero-order chi connectivity index (χ0) is 17.2. The van der Waals surface area contributed by atoms with Crippen LogP contribution in [0.5, 0.6) is 0 Å². The van der Waals surface area contributed by atoms with E-state index in [0.29, 0.717) is 12.3 Å². The molecular weight excluding hydrogens is 335 g/mol. The molecule has 0 radical (unpaired) electrons. The van der Waals surface area contributed by atoms with E-state index >= 15 is 0 Å². The Morgan fingerprint density at radius 3 is 2.72 bits per heavy atom. The largest absolute Gasteiger partial charge is 0.323 e. The smallest absolute Gasteiger partial charge is 0.234 e. The first-order valence-electron chi connectivity index (χ1n) is 8.09. The quantitative estimate of drug-likeness (QED) is 0.696. The minimum absolute atomic E-state index is 0.0116. The third-order valence-electron chi connectivity index (χ3n) is 4.27. The number of nitrogens with zero attached hydrogens (tertiary/aromatic N) is 2. The van der Waals surface area contributed by atoms with Crippen molar-refractivity contribution in [1.29, 1.82) is 0 Å². The molecule has 2 aromatic carbocycles. The molecule has 2 heterocycles. The van der Waals surface area contributed by atoms with Gasteiger partial charge in [-0.3, -0.25) is 4.79 Å². The Morgan fingerprint density at radius 2 is 1.92 bits per heavy atom. The molecule has 3 nitrogen and oxygen atoms in total. The molecule has 0 spiro atoms. The molecule has 1 atom stereocenters. The van der Waals surface area contributed by atoms with Crippen molar-refractivity contribution in [3.05, 3.63) is 90.0 Å². The maximum atomic E-state index is 13.4. The molecule has 0 N–H and O–H groups in total. The van der Waals surface area contributed by atoms with Crippen LogP contribution in [0.4, 0.5) is 4.39 Å². The van der Waals surface area contributed by atoms with Crippen LogP contribution in [0.15, 0.2) is 73.1 Å². The summed E-state index contributed by atoms with van der Waals surface area (Å²) in [6.45, 7) is 0.600. The number of carbonyl (C=O) groups excluding carboxylic acids is 1. The van der Waals surface area contributed by atoms with Gasteiger partial charge in [0, 0.05) is 30.2 Å². The number of aromatic nitrogens is 1. The molecule has 0 bridgehead atoms. The van der Waals surface area contributed by atoms with Crippen LogP contribution in [0.25, 0.3) is 5.69 Å². The van der Waals surface area contributed by atoms with E-state index in [4.69, 9.17) is 0 Å². The first-order valence-corrected chi connectivity index (χ1v) is 9.14. The fourth-order valence-corrected chi connectivity index (χ4v) is 4.21. The highest BCUT2D eigenvalue weighted by Crippen LogP contribution is 2.39. The third-order valence-corrected chi connectivity index (χ3v) is 5.53. The van der Waals surface area contributed by atoms with Crippen LogP contribution in [-0.2, 0) is 11.3 Å². The monoisotopic (exact) mass is 352 g/mol. The summed E-state index contributed by atoms with van der Waals surface area (Å²) < 4.78 is 15.3. The standard InChI is InChI=1S/C20H17FN2OS/c21-17-7-4-8-18(11-17)22-10-9-16(13-22)20-23(19(24)14-25-20)12-15-5-2-1-3-6-15/h1-11,13,20H,12,14H2. The summed E-state index contributed by atoms with van der Waals surface area (Å²) in [6.07, 6.45) is 3.89. The molecule has 1 aromatic heterocycles. The summed E-state index contributed by atoms with van der Waals surface area (Å²) in [6, 6.07) is 18.5. The van der Waals surface area contributed by atoms with E-state index in [1.54, 1.807) is 17.8 Å². The lowest BCUT2D eigenvalue weighted by Crippen LogP contribution is -2.27. The Bertz CT molecular complexity index is 893. The predicted octanol–water partition coefficient (Wildman–Crippen LogP) is 4.39. The van der Waals surface area contributed by atoms with Gasteiger partial charge in [0.05, 0.1) is 5.75 Å². The van der Waals surface area contributed by atoms with E-state index < -0.39 is 0 Å². The summed E-state index contributed by atoms with van der Waals surface area (Å²) >= 11 is 1.63. The van der Waals surface area contributed by atoms with Crippen LogP contribution in [-0.4, -0.2) is 21.1 Å². The number of benzene rings is 2. The van der Waals surface area contributed by atoms with Crippen molar-refractivity contribution in [2.75, 3.05) is 5.75 Å². The van der Waals surface area contributed by atoms with Gasteiger partial charge in [-0.15, -0.1) is 11.8 Å². The third kappa shape index (κ3) is 3.33. The van der Waals surface area contributed by atoms with Crippen LogP contribution in [0.3, 0.4) is 0 Å². The fourth-order valence-electron chi connectivity index (χ4n) is 3.04. The molecule has 1 aliphatic rings. The second-order valence-corrected chi connectivity index (χ2v) is 7.07. The van der Waals surface area contributed by atoms with Gasteiger partial charge in [-0.25, -0.2) is 4.39 Å². The number of hydrogen-bond acceptors (Lipinski definition) is 2. The normalized spacial score (nSPS) is 17.2. The van der Waals surface area contributed by atoms with Gasteiger partial charge in [-0.1, -0.05) is 36.4 Å². The summed E-state index contributed by atoms with van der Waals surface area (Å²) in [5.74, 6) is 0.379. The molecule has 126 valence electrons. The molecule has 1 amide bonds. The molecule has 5 heteroatoms. The van der Waals surface area contributed by atoms with Crippen molar-refractivity contribution in [3.8, 4) is 5.69 Å². The average Bonchev–Trinajstić information content (AvgIpc) is 3.24. The van der Waals surface area contributed by atoms with E-state index in [1.807, 2.05) is 64.3 Å². The van der Waals surface area contributed by atoms with Gasteiger partial charge in [0.1, 0.15) is 11.2 Å². The summed E-state index contributed by atoms with van der Waals surface area (Å²) in [7, 11) is 0. The van der Waals surface area contributed by atoms with Gasteiger partial charge in [0.15, 0.2) is 0 Å². The number of halogens is 1. The Labute approximate surface area is 150 Å². The lowest BCUT2D eigenvalue weighted by molar-refractivity contribution is -0.128. The molecular formula is C20H17FN2OS. The Kier molecular flexibility index (Phi) is 4.32. The number of amides is 1. The number of rotatable bonds is 4. The molecule has 1 aliphatic heterocycles. The average molecular weight is 352 g/mol. The van der Waals surface area contributed by atoms with Crippen LogP contribution >= 0.6 is 11.8 Å². The summed E-state index contributed by atoms with van der Waals surface area (Å²) in [5.41, 5.74) is 2.94. The zero-order valence-corrected chi connectivity index (χ0v) is 14.3. The van der Waals surface area contributed by atoms with Gasteiger partial charge in [0.2, 0.25) is 5.91 Å². The second kappa shape index (κ2) is 6.76. The van der Waals surface area contributed by atoms with Gasteiger partial charge >= 0.3 is 0 Å². The van der Waals surface area contributed by atoms with Crippen molar-refractivity contribution in [3.63, 3.8) is 0 Å². The molecule has 25 heavy (non-hydrogen) atoms. The number of hydrogen-bond donors (Lipinski definition) is 0. The molecule has 1 saturated heterocycles. The van der Waals surface area contributed by atoms with Crippen molar-refractivity contribution >= 4 is 17.7 Å². The fraction of sp³-hybridized carbons (Fsp3) is 0.150. The van der Waals surface area contributed by atoms with E-state index in [-0.39, 0.29) is 17.1 Å². The van der Waals surface area contributed by atoms with Crippen molar-refractivity contribution in [2.24, 2.45) is 0 Å². The van der Waals surface area contributed by atoms with E-state index in [2.05, 4.69) is 0 Å². The first-order chi connectivity index (χ1) is 12.2. The first kappa shape index (κ1) is 16.0. The highest BCUT2D eigenvalue weighted by atomic mass is 32.2. The zero-order valence-electron chi connectivity index (χ0n) is 13.5. The Balaban J connectivity index is 1.59. The van der Waals surface area contributed by atoms with Crippen LogP contribution < -0.4 is 0 Å². The van der Waals surface area contributed by atoms with Crippen LogP contribution in [0.1, 0.15) is 16.5 Å². The molecule has 0 saturated carbocycles. The minimum atomic E-state index is -0.260. The minimum Gasteiger partial charge on any atom is -0.323 e. The second-order valence-electron chi connectivity index (χ2n) is 6.00. The molecule has 0 aliphatic carbocycles. The Hall–Kier alpha value is -2.53. The highest BCUT2D eigenvalue weighted by Gasteiger charge is 2.33. The van der Waals surface area contributed by atoms with Gasteiger partial charge < -0.3 is 9.47 Å². The lowest BCUT2D eigenvalue weighted by Gasteiger charge is -2.23. The molecule has 4 rings (SSSR count). The van der Waals surface area contributed by atoms with Crippen LogP contribution in [0.2, 0.25) is 0 Å². The van der Waals surface area contributed by atoms with Gasteiger partial charge in [-0.2, -0.15) is 0 Å². The van der Waals surface area contributed by atoms with Crippen molar-refractivity contribution in [2.45, 2.75) is 11.9 Å². The topological polar surface area (TPSA) is 25.2 Å². The molecule has 1 fully saturated rings. The van der Waals surface area contributed by atoms with Crippen molar-refractivity contribution in [1.82, 2.24) is 9.47 Å². The number of carbonyl (C=O) groups is 1. The van der Waals surface area contributed by atoms with Crippen LogP contribution in [0, 0.1) is 5.82 Å². The summed E-state index contributed by atoms with van der Waals surface area (Å²) in [4.78, 5) is 14.2. The molecule has 3 aromatic rings. The maximum absolute atomic E-state index is 13.4. The lowest BCUT2D eigenvalue weighted by atomic mass is 10.2. The summed E-state index contributed by atoms with van der Waals surface area (Å²) in [5, 5.41) is -0.0116. The van der Waals surface area contributed by atoms with E-state index in [0.717, 1.165) is 16.8 Å². The van der Waals surface area contributed by atoms with Gasteiger partial charge in [0.25, 0.3) is 0 Å². The van der Waals surface area contributed by atoms with E-state index in [1.165, 1.54) is 12.1 Å². The predicted molar refractivity (Wildman–Crippen MR) is 97.9 cm³/mol. The highest BCUT2D eigenvalue weighted by molar-refractivity contribution is 8.00. The van der Waals surface area contributed by atoms with Gasteiger partial charge in [-0.05, 0) is 29.8 Å². The molecule has 1 unspecified atom stereocenters. The van der Waals surface area contributed by atoms with E-state index in [9.17, 15) is 9.18 Å².